The van der Waals surface area contributed by atoms with Crippen LogP contribution in [0.25, 0.3) is 11.4 Å². The first-order chi connectivity index (χ1) is 13.0. The normalized spacial score (nSPS) is 12.0. The number of nitrogens with one attached hydrogen (secondary N) is 1. The molecule has 8 heteroatoms. The zero-order chi connectivity index (χ0) is 19.4. The molecule has 140 valence electrons. The Bertz CT molecular complexity index is 943. The standard InChI is InChI=1S/C19H18F2N4OS/c1-12(18(26)22-11-13-7-9-14(20)10-8-13)27-19-24-23-17(25(19)2)15-5-3-4-6-16(15)21/h3-10,12H,11H2,1-2H3,(H,22,26)/t12-/m1/s1. The number of carbonyl (C=O) groups is 1. The van der Waals surface area contributed by atoms with Gasteiger partial charge in [-0.25, -0.2) is 8.78 Å². The molecule has 0 radical (unpaired) electrons. The molecule has 0 unspecified atom stereocenters. The van der Waals surface area contributed by atoms with Gasteiger partial charge >= 0.3 is 0 Å². The Kier molecular flexibility index (Phi) is 5.85. The fourth-order valence-electron chi connectivity index (χ4n) is 2.44. The number of benzene rings is 2. The molecule has 27 heavy (non-hydrogen) atoms. The van der Waals surface area contributed by atoms with E-state index in [1.54, 1.807) is 48.9 Å². The van der Waals surface area contributed by atoms with E-state index in [9.17, 15) is 13.6 Å². The summed E-state index contributed by atoms with van der Waals surface area (Å²) in [5.74, 6) is -0.481. The van der Waals surface area contributed by atoms with E-state index in [1.165, 1.54) is 30.0 Å². The Morgan fingerprint density at radius 3 is 2.56 bits per heavy atom. The molecule has 0 fully saturated rings. The van der Waals surface area contributed by atoms with Gasteiger partial charge in [0.2, 0.25) is 5.91 Å². The van der Waals surface area contributed by atoms with E-state index in [2.05, 4.69) is 15.5 Å². The highest BCUT2D eigenvalue weighted by atomic mass is 32.2. The number of nitrogens with zero attached hydrogens (tertiary/aromatic N) is 3. The third-order valence-electron chi connectivity index (χ3n) is 3.98. The van der Waals surface area contributed by atoms with Gasteiger partial charge in [-0.05, 0) is 36.8 Å². The van der Waals surface area contributed by atoms with Crippen LogP contribution in [-0.2, 0) is 18.4 Å². The molecule has 1 atom stereocenters. The quantitative estimate of drug-likeness (QED) is 0.656. The zero-order valence-electron chi connectivity index (χ0n) is 14.8. The zero-order valence-corrected chi connectivity index (χ0v) is 15.6. The van der Waals surface area contributed by atoms with E-state index in [4.69, 9.17) is 0 Å². The monoisotopic (exact) mass is 388 g/mol. The molecule has 1 N–H and O–H groups in total. The first-order valence-electron chi connectivity index (χ1n) is 8.29. The highest BCUT2D eigenvalue weighted by molar-refractivity contribution is 8.00. The van der Waals surface area contributed by atoms with Crippen LogP contribution in [0.4, 0.5) is 8.78 Å². The lowest BCUT2D eigenvalue weighted by atomic mass is 10.2. The van der Waals surface area contributed by atoms with Crippen molar-refractivity contribution in [1.82, 2.24) is 20.1 Å². The van der Waals surface area contributed by atoms with E-state index in [1.807, 2.05) is 0 Å². The molecule has 0 aliphatic heterocycles. The summed E-state index contributed by atoms with van der Waals surface area (Å²) in [5, 5.41) is 11.0. The maximum Gasteiger partial charge on any atom is 0.233 e. The average molecular weight is 388 g/mol. The van der Waals surface area contributed by atoms with Crippen molar-refractivity contribution in [3.05, 3.63) is 65.7 Å². The molecule has 0 aliphatic rings. The summed E-state index contributed by atoms with van der Waals surface area (Å²) in [5.41, 5.74) is 1.16. The molecule has 0 saturated heterocycles. The molecule has 0 saturated carbocycles. The Morgan fingerprint density at radius 2 is 1.85 bits per heavy atom. The number of aromatic nitrogens is 3. The molecule has 3 aromatic rings. The highest BCUT2D eigenvalue weighted by Gasteiger charge is 2.20. The van der Waals surface area contributed by atoms with E-state index < -0.39 is 5.25 Å². The molecule has 3 rings (SSSR count). The number of amides is 1. The summed E-state index contributed by atoms with van der Waals surface area (Å²) >= 11 is 1.23. The van der Waals surface area contributed by atoms with Crippen LogP contribution < -0.4 is 5.32 Å². The highest BCUT2D eigenvalue weighted by Crippen LogP contribution is 2.27. The van der Waals surface area contributed by atoms with Crippen molar-refractivity contribution in [2.45, 2.75) is 23.9 Å². The number of hydrogen-bond donors (Lipinski definition) is 1. The van der Waals surface area contributed by atoms with Gasteiger partial charge in [-0.3, -0.25) is 4.79 Å². The molecule has 5 nitrogen and oxygen atoms in total. The van der Waals surface area contributed by atoms with Crippen molar-refractivity contribution in [1.29, 1.82) is 0 Å². The third kappa shape index (κ3) is 4.51. The molecule has 0 spiro atoms. The van der Waals surface area contributed by atoms with Gasteiger partial charge in [0.15, 0.2) is 11.0 Å². The maximum atomic E-state index is 14.0. The van der Waals surface area contributed by atoms with Gasteiger partial charge in [0.25, 0.3) is 0 Å². The third-order valence-corrected chi connectivity index (χ3v) is 5.12. The summed E-state index contributed by atoms with van der Waals surface area (Å²) in [6, 6.07) is 12.3. The minimum atomic E-state index is -0.429. The van der Waals surface area contributed by atoms with E-state index in [0.717, 1.165) is 5.56 Å². The van der Waals surface area contributed by atoms with Gasteiger partial charge in [-0.2, -0.15) is 0 Å². The van der Waals surface area contributed by atoms with Gasteiger partial charge in [0.05, 0.1) is 10.8 Å². The predicted octanol–water partition coefficient (Wildman–Crippen LogP) is 3.56. The largest absolute Gasteiger partial charge is 0.351 e. The topological polar surface area (TPSA) is 59.8 Å². The first kappa shape index (κ1) is 19.0. The van der Waals surface area contributed by atoms with E-state index >= 15 is 0 Å². The minimum absolute atomic E-state index is 0.181. The van der Waals surface area contributed by atoms with Gasteiger partial charge < -0.3 is 9.88 Å². The summed E-state index contributed by atoms with van der Waals surface area (Å²) in [6.07, 6.45) is 0. The fraction of sp³-hybridized carbons (Fsp3) is 0.211. The van der Waals surface area contributed by atoms with Gasteiger partial charge in [0, 0.05) is 13.6 Å². The summed E-state index contributed by atoms with van der Waals surface area (Å²) in [7, 11) is 1.73. The second kappa shape index (κ2) is 8.30. The molecule has 0 aliphatic carbocycles. The number of hydrogen-bond acceptors (Lipinski definition) is 4. The van der Waals surface area contributed by atoms with Crippen LogP contribution in [0.3, 0.4) is 0 Å². The van der Waals surface area contributed by atoms with E-state index in [0.29, 0.717) is 23.1 Å². The first-order valence-corrected chi connectivity index (χ1v) is 9.17. The minimum Gasteiger partial charge on any atom is -0.351 e. The van der Waals surface area contributed by atoms with Crippen molar-refractivity contribution in [2.75, 3.05) is 0 Å². The van der Waals surface area contributed by atoms with Crippen LogP contribution in [0.5, 0.6) is 0 Å². The molecular formula is C19H18F2N4OS. The van der Waals surface area contributed by atoms with Crippen molar-refractivity contribution in [2.24, 2.45) is 7.05 Å². The maximum absolute atomic E-state index is 14.0. The second-order valence-electron chi connectivity index (χ2n) is 5.95. The Labute approximate surface area is 159 Å². The number of halogens is 2. The molecule has 2 aromatic carbocycles. The van der Waals surface area contributed by atoms with Crippen LogP contribution in [0, 0.1) is 11.6 Å². The van der Waals surface area contributed by atoms with Crippen molar-refractivity contribution < 1.29 is 13.6 Å². The number of rotatable bonds is 6. The van der Waals surface area contributed by atoms with Gasteiger partial charge in [-0.15, -0.1) is 10.2 Å². The summed E-state index contributed by atoms with van der Waals surface area (Å²) < 4.78 is 28.5. The Hall–Kier alpha value is -2.74. The smallest absolute Gasteiger partial charge is 0.233 e. The van der Waals surface area contributed by atoms with Crippen LogP contribution in [0.1, 0.15) is 12.5 Å². The summed E-state index contributed by atoms with van der Waals surface area (Å²) in [6.45, 7) is 2.06. The van der Waals surface area contributed by atoms with Crippen LogP contribution in [0.15, 0.2) is 53.7 Å². The van der Waals surface area contributed by atoms with Crippen LogP contribution >= 0.6 is 11.8 Å². The van der Waals surface area contributed by atoms with Gasteiger partial charge in [-0.1, -0.05) is 36.0 Å². The molecule has 0 bridgehead atoms. The SMILES string of the molecule is C[C@@H](Sc1nnc(-c2ccccc2F)n1C)C(=O)NCc1ccc(F)cc1. The average Bonchev–Trinajstić information content (AvgIpc) is 3.01. The predicted molar refractivity (Wildman–Crippen MR) is 100.0 cm³/mol. The van der Waals surface area contributed by atoms with Crippen LogP contribution in [-0.4, -0.2) is 25.9 Å². The lowest BCUT2D eigenvalue weighted by molar-refractivity contribution is -0.120. The van der Waals surface area contributed by atoms with Crippen molar-refractivity contribution in [3.63, 3.8) is 0 Å². The lowest BCUT2D eigenvalue weighted by Gasteiger charge is -2.12. The molecule has 1 heterocycles. The van der Waals surface area contributed by atoms with E-state index in [-0.39, 0.29) is 17.5 Å². The van der Waals surface area contributed by atoms with Crippen molar-refractivity contribution >= 4 is 17.7 Å². The van der Waals surface area contributed by atoms with Gasteiger partial charge in [0.1, 0.15) is 11.6 Å². The van der Waals surface area contributed by atoms with Crippen molar-refractivity contribution in [3.8, 4) is 11.4 Å². The fourth-order valence-corrected chi connectivity index (χ4v) is 3.28. The Morgan fingerprint density at radius 1 is 1.15 bits per heavy atom. The number of carbonyl (C=O) groups excluding carboxylic acids is 1. The number of thioether (sulfide) groups is 1. The Balaban J connectivity index is 1.64. The lowest BCUT2D eigenvalue weighted by Crippen LogP contribution is -2.30. The second-order valence-corrected chi connectivity index (χ2v) is 7.26. The molecular weight excluding hydrogens is 370 g/mol. The van der Waals surface area contributed by atoms with Crippen LogP contribution in [0.2, 0.25) is 0 Å². The molecule has 1 amide bonds. The summed E-state index contributed by atoms with van der Waals surface area (Å²) in [4.78, 5) is 12.3. The molecule has 1 aromatic heterocycles.